The molecule has 0 atom stereocenters. The molecular weight excluding hydrogens is 452 g/mol. The minimum absolute atomic E-state index is 0.0169. The zero-order valence-electron chi connectivity index (χ0n) is 17.0. The zero-order chi connectivity index (χ0) is 23.3. The first-order valence-electron chi connectivity index (χ1n) is 9.97. The number of hydrogen-bond acceptors (Lipinski definition) is 2. The fourth-order valence-electron chi connectivity index (χ4n) is 4.20. The molecule has 166 valence electrons. The van der Waals surface area contributed by atoms with Crippen LogP contribution >= 0.6 is 11.3 Å². The van der Waals surface area contributed by atoms with Gasteiger partial charge in [0, 0.05) is 27.8 Å². The molecule has 0 unspecified atom stereocenters. The summed E-state index contributed by atoms with van der Waals surface area (Å²) < 4.78 is 55.6. The normalized spacial score (nSPS) is 12.0. The Morgan fingerprint density at radius 3 is 2.48 bits per heavy atom. The predicted molar refractivity (Wildman–Crippen MR) is 122 cm³/mol. The molecule has 5 rings (SSSR count). The fraction of sp³-hybridized carbons (Fsp3) is 0.0800. The third-order valence-corrected chi connectivity index (χ3v) is 6.51. The molecule has 3 aromatic carbocycles. The highest BCUT2D eigenvalue weighted by atomic mass is 32.1. The molecule has 0 saturated carbocycles. The van der Waals surface area contributed by atoms with Gasteiger partial charge in [0.2, 0.25) is 5.91 Å². The third-order valence-electron chi connectivity index (χ3n) is 5.59. The molecule has 2 heterocycles. The number of benzene rings is 3. The van der Waals surface area contributed by atoms with E-state index in [1.54, 1.807) is 34.1 Å². The lowest BCUT2D eigenvalue weighted by Gasteiger charge is -2.12. The summed E-state index contributed by atoms with van der Waals surface area (Å²) in [5, 5.41) is 3.31. The summed E-state index contributed by atoms with van der Waals surface area (Å²) in [7, 11) is 0. The van der Waals surface area contributed by atoms with Crippen LogP contribution in [0.2, 0.25) is 0 Å². The molecule has 2 aromatic heterocycles. The number of fused-ring (bicyclic) bond motifs is 3. The maximum atomic E-state index is 14.1. The van der Waals surface area contributed by atoms with Crippen LogP contribution in [0.25, 0.3) is 32.2 Å². The van der Waals surface area contributed by atoms with Gasteiger partial charge in [-0.2, -0.15) is 13.2 Å². The van der Waals surface area contributed by atoms with Crippen molar-refractivity contribution in [1.29, 1.82) is 0 Å². The number of amides is 1. The minimum Gasteiger partial charge on any atom is -0.366 e. The Bertz CT molecular complexity index is 1520. The average Bonchev–Trinajstić information content (AvgIpc) is 3.40. The number of halogens is 4. The van der Waals surface area contributed by atoms with E-state index < -0.39 is 23.5 Å². The van der Waals surface area contributed by atoms with Crippen LogP contribution in [0.1, 0.15) is 21.5 Å². The van der Waals surface area contributed by atoms with Crippen LogP contribution in [-0.4, -0.2) is 10.5 Å². The smallest absolute Gasteiger partial charge is 0.366 e. The average molecular weight is 468 g/mol. The molecule has 0 aliphatic rings. The highest BCUT2D eigenvalue weighted by Crippen LogP contribution is 2.37. The number of nitrogens with two attached hydrogens (primary N) is 1. The number of carbonyl (C=O) groups is 1. The van der Waals surface area contributed by atoms with Crippen molar-refractivity contribution in [2.45, 2.75) is 12.7 Å². The summed E-state index contributed by atoms with van der Waals surface area (Å²) in [6.07, 6.45) is -4.66. The van der Waals surface area contributed by atoms with Crippen molar-refractivity contribution in [3.05, 3.63) is 94.6 Å². The number of primary amides is 1. The summed E-state index contributed by atoms with van der Waals surface area (Å²) >= 11 is 1.56. The van der Waals surface area contributed by atoms with Crippen molar-refractivity contribution >= 4 is 39.0 Å². The lowest BCUT2D eigenvalue weighted by Crippen LogP contribution is -2.11. The minimum atomic E-state index is -4.66. The van der Waals surface area contributed by atoms with E-state index >= 15 is 0 Å². The second-order valence-corrected chi connectivity index (χ2v) is 8.65. The SMILES string of the molecule is NC(=O)c1cccc2c1c1ccc(-c3cccs3)cc1n2Cc1cc(F)cc(C(F)(F)F)c1. The van der Waals surface area contributed by atoms with Crippen molar-refractivity contribution in [2.75, 3.05) is 0 Å². The molecular formula is C25H16F4N2OS. The zero-order valence-corrected chi connectivity index (χ0v) is 17.8. The molecule has 0 aliphatic heterocycles. The molecule has 0 bridgehead atoms. The molecule has 1 amide bonds. The number of aromatic nitrogens is 1. The van der Waals surface area contributed by atoms with Crippen LogP contribution < -0.4 is 5.73 Å². The highest BCUT2D eigenvalue weighted by Gasteiger charge is 2.31. The van der Waals surface area contributed by atoms with Gasteiger partial charge in [0.25, 0.3) is 0 Å². The van der Waals surface area contributed by atoms with E-state index in [1.165, 1.54) is 0 Å². The molecule has 0 spiro atoms. The van der Waals surface area contributed by atoms with Crippen molar-refractivity contribution in [3.63, 3.8) is 0 Å². The Labute approximate surface area is 189 Å². The monoisotopic (exact) mass is 468 g/mol. The van der Waals surface area contributed by atoms with Crippen LogP contribution in [0.5, 0.6) is 0 Å². The Kier molecular flexibility index (Phi) is 4.97. The Morgan fingerprint density at radius 1 is 0.970 bits per heavy atom. The second-order valence-electron chi connectivity index (χ2n) is 7.71. The Balaban J connectivity index is 1.78. The number of carbonyl (C=O) groups excluding carboxylic acids is 1. The van der Waals surface area contributed by atoms with Crippen LogP contribution in [0.3, 0.4) is 0 Å². The molecule has 0 aliphatic carbocycles. The fourth-order valence-corrected chi connectivity index (χ4v) is 4.93. The van der Waals surface area contributed by atoms with Crippen molar-refractivity contribution in [3.8, 4) is 10.4 Å². The third kappa shape index (κ3) is 3.76. The van der Waals surface area contributed by atoms with Crippen LogP contribution in [0, 0.1) is 5.82 Å². The highest BCUT2D eigenvalue weighted by molar-refractivity contribution is 7.13. The number of rotatable bonds is 4. The molecule has 0 fully saturated rings. The predicted octanol–water partition coefficient (Wildman–Crippen LogP) is 6.83. The number of nitrogens with zero attached hydrogens (tertiary/aromatic N) is 1. The second kappa shape index (κ2) is 7.74. The van der Waals surface area contributed by atoms with Crippen molar-refractivity contribution in [2.24, 2.45) is 5.73 Å². The van der Waals surface area contributed by atoms with E-state index in [1.807, 2.05) is 35.7 Å². The molecule has 2 N–H and O–H groups in total. The van der Waals surface area contributed by atoms with Gasteiger partial charge in [-0.15, -0.1) is 11.3 Å². The van der Waals surface area contributed by atoms with E-state index in [9.17, 15) is 22.4 Å². The summed E-state index contributed by atoms with van der Waals surface area (Å²) in [5.41, 5.74) is 7.30. The quantitative estimate of drug-likeness (QED) is 0.289. The summed E-state index contributed by atoms with van der Waals surface area (Å²) in [6, 6.07) is 17.2. The first-order chi connectivity index (χ1) is 15.7. The lowest BCUT2D eigenvalue weighted by atomic mass is 10.0. The molecule has 0 radical (unpaired) electrons. The van der Waals surface area contributed by atoms with Gasteiger partial charge in [0.15, 0.2) is 0 Å². The standard InChI is InChI=1S/C25H16F4N2OS/c26-17-10-14(9-16(12-17)25(27,28)29)13-31-20-4-1-3-19(24(30)32)23(20)18-7-6-15(11-21(18)31)22-5-2-8-33-22/h1-12H,13H2,(H2,30,32). The van der Waals surface area contributed by atoms with Gasteiger partial charge in [-0.05, 0) is 59.0 Å². The van der Waals surface area contributed by atoms with Gasteiger partial charge >= 0.3 is 6.18 Å². The van der Waals surface area contributed by atoms with E-state index in [4.69, 9.17) is 5.73 Å². The first kappa shape index (κ1) is 21.2. The summed E-state index contributed by atoms with van der Waals surface area (Å²) in [6.45, 7) is -0.0169. The molecule has 3 nitrogen and oxygen atoms in total. The van der Waals surface area contributed by atoms with Crippen LogP contribution in [0.4, 0.5) is 17.6 Å². The van der Waals surface area contributed by atoms with E-state index in [0.717, 1.165) is 28.0 Å². The first-order valence-corrected chi connectivity index (χ1v) is 10.9. The van der Waals surface area contributed by atoms with E-state index in [2.05, 4.69) is 0 Å². The largest absolute Gasteiger partial charge is 0.416 e. The number of thiophene rings is 1. The molecule has 5 aromatic rings. The van der Waals surface area contributed by atoms with Gasteiger partial charge in [-0.3, -0.25) is 4.79 Å². The topological polar surface area (TPSA) is 48.0 Å². The Hall–Kier alpha value is -3.65. The van der Waals surface area contributed by atoms with E-state index in [-0.39, 0.29) is 12.1 Å². The van der Waals surface area contributed by atoms with Gasteiger partial charge in [-0.25, -0.2) is 4.39 Å². The number of alkyl halides is 3. The lowest BCUT2D eigenvalue weighted by molar-refractivity contribution is -0.137. The molecule has 8 heteroatoms. The van der Waals surface area contributed by atoms with E-state index in [0.29, 0.717) is 28.0 Å². The Morgan fingerprint density at radius 2 is 1.79 bits per heavy atom. The van der Waals surface area contributed by atoms with Crippen LogP contribution in [0.15, 0.2) is 72.1 Å². The van der Waals surface area contributed by atoms with Crippen LogP contribution in [-0.2, 0) is 12.7 Å². The summed E-state index contributed by atoms with van der Waals surface area (Å²) in [5.74, 6) is -1.57. The molecule has 0 saturated heterocycles. The van der Waals surface area contributed by atoms with Gasteiger partial charge in [0.05, 0.1) is 16.6 Å². The van der Waals surface area contributed by atoms with Gasteiger partial charge in [0.1, 0.15) is 5.82 Å². The maximum absolute atomic E-state index is 14.1. The summed E-state index contributed by atoms with van der Waals surface area (Å²) in [4.78, 5) is 13.1. The van der Waals surface area contributed by atoms with Crippen molar-refractivity contribution < 1.29 is 22.4 Å². The molecule has 33 heavy (non-hydrogen) atoms. The van der Waals surface area contributed by atoms with Gasteiger partial charge in [-0.1, -0.05) is 24.3 Å². The number of hydrogen-bond donors (Lipinski definition) is 1. The van der Waals surface area contributed by atoms with Gasteiger partial charge < -0.3 is 10.3 Å². The maximum Gasteiger partial charge on any atom is 0.416 e. The van der Waals surface area contributed by atoms with Crippen molar-refractivity contribution in [1.82, 2.24) is 4.57 Å².